The molecule has 33 nitrogen and oxygen atoms in total. The fourth-order valence-corrected chi connectivity index (χ4v) is 15.7. The van der Waals surface area contributed by atoms with Gasteiger partial charge in [0.1, 0.15) is 41.5 Å². The fraction of sp³-hybridized carbons (Fsp3) is 0.333. The zero-order valence-electron chi connectivity index (χ0n) is 77.7. The first-order valence-corrected chi connectivity index (χ1v) is 44.7. The van der Waals surface area contributed by atoms with Crippen molar-refractivity contribution in [1.82, 2.24) is 94.9 Å². The molecule has 19 rings (SSSR count). The Hall–Kier alpha value is -15.2. The van der Waals surface area contributed by atoms with Crippen LogP contribution in [0.4, 0.5) is 51.2 Å². The number of aromatic nitrogens is 16. The maximum Gasteiger partial charge on any atom is 0.251 e. The number of benzene rings is 8. The lowest BCUT2D eigenvalue weighted by Crippen LogP contribution is -2.36. The Bertz CT molecular complexity index is 6750. The van der Waals surface area contributed by atoms with Crippen LogP contribution in [0.15, 0.2) is 226 Å². The first-order chi connectivity index (χ1) is 65.1. The van der Waals surface area contributed by atoms with Crippen molar-refractivity contribution in [2.75, 3.05) is 128 Å². The maximum absolute atomic E-state index is 12.5. The second-order valence-corrected chi connectivity index (χ2v) is 33.9. The molecule has 0 radical (unpaired) electrons. The number of amides is 2. The highest BCUT2D eigenvalue weighted by atomic mass is 16.5. The van der Waals surface area contributed by atoms with E-state index in [9.17, 15) is 14.7 Å². The molecule has 3 aliphatic rings. The molecule has 0 bridgehead atoms. The van der Waals surface area contributed by atoms with Gasteiger partial charge >= 0.3 is 0 Å². The van der Waals surface area contributed by atoms with Gasteiger partial charge < -0.3 is 74.4 Å². The summed E-state index contributed by atoms with van der Waals surface area (Å²) in [6, 6.07) is 50.0. The number of likely N-dealkylation sites (N-methyl/N-ethyl adjacent to an activating group) is 2. The molecule has 138 heavy (non-hydrogen) atoms. The van der Waals surface area contributed by atoms with E-state index in [1.54, 1.807) is 121 Å². The van der Waals surface area contributed by atoms with Crippen LogP contribution in [0.25, 0.3) is 89.2 Å². The minimum absolute atomic E-state index is 0. The monoisotopic (exact) mass is 1870 g/mol. The molecule has 0 spiro atoms. The average molecular weight is 1870 g/mol. The fourth-order valence-electron chi connectivity index (χ4n) is 15.7. The zero-order chi connectivity index (χ0) is 93.5. The van der Waals surface area contributed by atoms with E-state index < -0.39 is 5.60 Å². The maximum atomic E-state index is 12.5. The SMILES string of the molecule is C.C.C.C.CNC(=O)c1cc(OC)cc(N(CC2CC2)c2ccc3ncc(-c4cnn(C5CCCCO5)c4)nc3c2)c1.CNCCN(c1cc(OC)cc(OC)c1)c1ccc2ncc(-c3cnn(CC(=O)NC)c3)nc2c1.CNc1cccc(N(CC2CC2)c2ccc3ncc(-c4cnn(C)c4)nc3c2)c1.COc1cc(OC)cc(N(CC(C)(C)O)c2ccc3ncc(-c4cnn(C)c4)nc3c2)c1. The van der Waals surface area contributed by atoms with Crippen molar-refractivity contribution in [3.05, 3.63) is 232 Å². The van der Waals surface area contributed by atoms with Gasteiger partial charge in [0.2, 0.25) is 5.91 Å². The third-order valence-electron chi connectivity index (χ3n) is 23.3. The Morgan fingerprint density at radius 2 is 0.848 bits per heavy atom. The predicted molar refractivity (Wildman–Crippen MR) is 550 cm³/mol. The molecular formula is C105H128N24O9. The van der Waals surface area contributed by atoms with Crippen molar-refractivity contribution >= 4 is 107 Å². The van der Waals surface area contributed by atoms with Crippen LogP contribution >= 0.6 is 0 Å². The summed E-state index contributed by atoms with van der Waals surface area (Å²) in [6.45, 7) is 8.19. The first kappa shape index (κ1) is 102. The normalized spacial score (nSPS) is 13.1. The molecule has 2 aliphatic carbocycles. The highest BCUT2D eigenvalue weighted by Gasteiger charge is 2.30. The van der Waals surface area contributed by atoms with Gasteiger partial charge in [-0.3, -0.25) is 43.6 Å². The van der Waals surface area contributed by atoms with Crippen LogP contribution < -0.4 is 64.6 Å². The number of carbonyl (C=O) groups is 2. The van der Waals surface area contributed by atoms with E-state index in [0.717, 1.165) is 187 Å². The van der Waals surface area contributed by atoms with Crippen LogP contribution in [0.1, 0.15) is 105 Å². The molecule has 33 heteroatoms. The number of hydrogen-bond acceptors (Lipinski definition) is 27. The molecule has 16 aromatic rings. The Morgan fingerprint density at radius 3 is 1.26 bits per heavy atom. The molecule has 2 amide bonds. The zero-order valence-corrected chi connectivity index (χ0v) is 77.7. The third-order valence-corrected chi connectivity index (χ3v) is 23.3. The van der Waals surface area contributed by atoms with Crippen molar-refractivity contribution in [2.24, 2.45) is 25.9 Å². The van der Waals surface area contributed by atoms with E-state index >= 15 is 0 Å². The predicted octanol–water partition coefficient (Wildman–Crippen LogP) is 18.8. The summed E-state index contributed by atoms with van der Waals surface area (Å²) < 4.78 is 40.2. The molecule has 9 heterocycles. The lowest BCUT2D eigenvalue weighted by molar-refractivity contribution is -0.121. The van der Waals surface area contributed by atoms with E-state index in [1.165, 1.54) is 31.4 Å². The first-order valence-electron chi connectivity index (χ1n) is 44.7. The summed E-state index contributed by atoms with van der Waals surface area (Å²) in [4.78, 5) is 70.9. The van der Waals surface area contributed by atoms with Crippen molar-refractivity contribution in [2.45, 2.75) is 107 Å². The lowest BCUT2D eigenvalue weighted by Gasteiger charge is -2.31. The quantitative estimate of drug-likeness (QED) is 0.0269. The van der Waals surface area contributed by atoms with Gasteiger partial charge in [0.25, 0.3) is 5.91 Å². The summed E-state index contributed by atoms with van der Waals surface area (Å²) >= 11 is 0. The molecule has 1 unspecified atom stereocenters. The number of anilines is 9. The largest absolute Gasteiger partial charge is 0.497 e. The van der Waals surface area contributed by atoms with Gasteiger partial charge in [-0.15, -0.1) is 0 Å². The average Bonchev–Trinajstić information content (AvgIpc) is 1.19. The summed E-state index contributed by atoms with van der Waals surface area (Å²) in [6.07, 6.45) is 30.0. The lowest BCUT2D eigenvalue weighted by atomic mass is 10.1. The van der Waals surface area contributed by atoms with Gasteiger partial charge in [-0.05, 0) is 181 Å². The Morgan fingerprint density at radius 1 is 0.435 bits per heavy atom. The van der Waals surface area contributed by atoms with Gasteiger partial charge in [0, 0.05) is 214 Å². The standard InChI is InChI=1S/C29H32N6O3.C25H29N7O3.C24H27N5O3.C23H24N6.4CH4/c1-30-29(36)20-11-23(13-24(12-20)37-2)34(17-19-6-7-19)22-8-9-25-26(14-22)33-27(16-31-25)21-15-32-35(18-21)28-5-3-4-10-38-28;1-26-7-8-32(19-9-20(34-3)12-21(10-19)35-4)18-5-6-22-23(11-18)30-24(14-28-22)17-13-29-31(15-17)16-25(33)27-2;1-24(2,30)15-29(18-8-19(31-4)11-20(9-18)32-5)17-6-7-21-22(10-17)27-23(13-25-21)16-12-26-28(3)14-16;1-24-18-4-3-5-19(10-18)29(14-16-6-7-16)20-8-9-21-22(11-20)27-23(13-25-21)17-12-26-28(2)15-17;;;;/h8-9,11-16,18-19,28H,3-7,10,17H2,1-2H3,(H,30,36);5-6,9-15,26H,7-8,16H2,1-4H3,(H,27,33);6-14,30H,15H2,1-5H3;3-5,8-13,15-16,24H,6-7,14H2,1-2H3;4*1H4. The molecule has 8 aromatic carbocycles. The van der Waals surface area contributed by atoms with E-state index in [2.05, 4.69) is 131 Å². The summed E-state index contributed by atoms with van der Waals surface area (Å²) in [5.74, 6) is 4.51. The molecule has 5 N–H and O–H groups in total. The van der Waals surface area contributed by atoms with Gasteiger partial charge in [-0.2, -0.15) is 20.4 Å². The number of aliphatic hydroxyl groups is 1. The minimum Gasteiger partial charge on any atom is -0.497 e. The van der Waals surface area contributed by atoms with Crippen molar-refractivity contribution in [1.29, 1.82) is 0 Å². The van der Waals surface area contributed by atoms with Gasteiger partial charge in [-0.25, -0.2) is 24.6 Å². The Labute approximate surface area is 807 Å². The van der Waals surface area contributed by atoms with Crippen LogP contribution in [-0.2, 0) is 30.2 Å². The second kappa shape index (κ2) is 46.3. The van der Waals surface area contributed by atoms with E-state index in [4.69, 9.17) is 48.4 Å². The number of nitrogens with zero attached hydrogens (tertiary/aromatic N) is 20. The molecule has 3 fully saturated rings. The molecule has 1 aliphatic heterocycles. The molecule has 1 atom stereocenters. The van der Waals surface area contributed by atoms with Gasteiger partial charge in [0.15, 0.2) is 0 Å². The van der Waals surface area contributed by atoms with Crippen LogP contribution in [0, 0.1) is 11.8 Å². The smallest absolute Gasteiger partial charge is 0.251 e. The number of nitrogens with one attached hydrogen (secondary N) is 4. The summed E-state index contributed by atoms with van der Waals surface area (Å²) in [7, 11) is 19.0. The molecule has 8 aromatic heterocycles. The van der Waals surface area contributed by atoms with Crippen LogP contribution in [0.5, 0.6) is 28.7 Å². The van der Waals surface area contributed by atoms with Gasteiger partial charge in [0.05, 0.1) is 164 Å². The number of carbonyl (C=O) groups excluding carboxylic acids is 2. The number of rotatable bonds is 31. The number of fused-ring (bicyclic) bond motifs is 4. The summed E-state index contributed by atoms with van der Waals surface area (Å²) in [5, 5.41) is 39.7. The highest BCUT2D eigenvalue weighted by Crippen LogP contribution is 2.43. The highest BCUT2D eigenvalue weighted by molar-refractivity contribution is 5.96. The van der Waals surface area contributed by atoms with Crippen LogP contribution in [-0.4, -0.2) is 205 Å². The number of hydrogen-bond donors (Lipinski definition) is 5. The topological polar surface area (TPSA) is 345 Å². The Balaban J connectivity index is 0.000000164. The third kappa shape index (κ3) is 25.3. The minimum atomic E-state index is -0.950. The molecule has 722 valence electrons. The number of methoxy groups -OCH3 is 5. The van der Waals surface area contributed by atoms with Crippen LogP contribution in [0.2, 0.25) is 0 Å². The van der Waals surface area contributed by atoms with E-state index in [1.807, 2.05) is 166 Å². The van der Waals surface area contributed by atoms with Crippen molar-refractivity contribution in [3.8, 4) is 73.8 Å². The number of ether oxygens (including phenoxy) is 6. The van der Waals surface area contributed by atoms with Crippen molar-refractivity contribution in [3.63, 3.8) is 0 Å². The van der Waals surface area contributed by atoms with E-state index in [-0.39, 0.29) is 54.3 Å². The molecule has 2 saturated carbocycles. The van der Waals surface area contributed by atoms with Crippen molar-refractivity contribution < 1.29 is 43.1 Å². The second-order valence-electron chi connectivity index (χ2n) is 33.9. The van der Waals surface area contributed by atoms with E-state index in [0.29, 0.717) is 52.5 Å². The Kier molecular flexibility index (Phi) is 34.2. The number of aryl methyl sites for hydroxylation is 2. The molecule has 1 saturated heterocycles. The summed E-state index contributed by atoms with van der Waals surface area (Å²) in [5.41, 5.74) is 21.7. The molecular weight excluding hydrogens is 1740 g/mol. The van der Waals surface area contributed by atoms with Gasteiger partial charge in [-0.1, -0.05) is 35.8 Å². The van der Waals surface area contributed by atoms with Crippen LogP contribution in [0.3, 0.4) is 0 Å².